The number of H-pyrrole nitrogens is 1. The highest BCUT2D eigenvalue weighted by atomic mass is 16.5. The smallest absolute Gasteiger partial charge is 0.267 e. The van der Waals surface area contributed by atoms with Gasteiger partial charge < -0.3 is 9.30 Å². The van der Waals surface area contributed by atoms with Crippen molar-refractivity contribution in [2.45, 2.75) is 45.3 Å². The van der Waals surface area contributed by atoms with E-state index in [2.05, 4.69) is 26.2 Å². The van der Waals surface area contributed by atoms with Gasteiger partial charge in [0, 0.05) is 26.0 Å². The van der Waals surface area contributed by atoms with Crippen LogP contribution in [0, 0.1) is 0 Å². The number of nitrogens with one attached hydrogen (secondary N) is 1. The number of rotatable bonds is 6. The lowest BCUT2D eigenvalue weighted by molar-refractivity contribution is 0.178. The molecule has 0 spiro atoms. The van der Waals surface area contributed by atoms with Gasteiger partial charge >= 0.3 is 0 Å². The lowest BCUT2D eigenvalue weighted by Crippen LogP contribution is -2.22. The van der Waals surface area contributed by atoms with E-state index in [0.717, 1.165) is 19.3 Å². The summed E-state index contributed by atoms with van der Waals surface area (Å²) >= 11 is 0. The first-order valence-corrected chi connectivity index (χ1v) is 10.8. The molecule has 9 nitrogen and oxygen atoms in total. The van der Waals surface area contributed by atoms with Crippen LogP contribution in [0.15, 0.2) is 51.8 Å². The third kappa shape index (κ3) is 3.75. The fraction of sp³-hybridized carbons (Fsp3) is 0.348. The Morgan fingerprint density at radius 3 is 2.66 bits per heavy atom. The van der Waals surface area contributed by atoms with Crippen LogP contribution in [0.4, 0.5) is 0 Å². The number of fused-ring (bicyclic) bond motifs is 2. The number of methoxy groups -OCH3 is 1. The van der Waals surface area contributed by atoms with Crippen molar-refractivity contribution in [1.29, 1.82) is 0 Å². The fourth-order valence-electron chi connectivity index (χ4n) is 4.19. The molecular formula is C23H24N6O3. The van der Waals surface area contributed by atoms with Gasteiger partial charge in [-0.3, -0.25) is 14.7 Å². The van der Waals surface area contributed by atoms with E-state index in [4.69, 9.17) is 4.74 Å². The number of pyridine rings is 3. The molecule has 1 N–H and O–H groups in total. The standard InChI is InChI=1S/C23H24N6O3/c1-32-14-20-25-23(27-26-20)29-12-9-19-17(22(29)31)13-16-18(24-19)8-11-28(21(16)30)10-7-15-5-3-2-4-6-15/h5,8-9,11-13H,2-4,6-7,10,14H2,1H3,(H,25,26,27). The van der Waals surface area contributed by atoms with E-state index in [1.54, 1.807) is 36.2 Å². The molecule has 0 saturated carbocycles. The van der Waals surface area contributed by atoms with Gasteiger partial charge in [-0.05, 0) is 50.3 Å². The van der Waals surface area contributed by atoms with Gasteiger partial charge in [-0.15, -0.1) is 5.10 Å². The Bertz CT molecular complexity index is 1450. The lowest BCUT2D eigenvalue weighted by Gasteiger charge is -2.13. The lowest BCUT2D eigenvalue weighted by atomic mass is 9.97. The minimum absolute atomic E-state index is 0.136. The summed E-state index contributed by atoms with van der Waals surface area (Å²) in [5.74, 6) is 0.734. The summed E-state index contributed by atoms with van der Waals surface area (Å²) in [5.41, 5.74) is 2.05. The van der Waals surface area contributed by atoms with E-state index in [0.29, 0.717) is 34.2 Å². The second kappa shape index (κ2) is 8.51. The maximum absolute atomic E-state index is 13.1. The Kier molecular flexibility index (Phi) is 5.40. The number of hydrogen-bond donors (Lipinski definition) is 1. The Morgan fingerprint density at radius 1 is 1.06 bits per heavy atom. The van der Waals surface area contributed by atoms with Crippen molar-refractivity contribution in [2.75, 3.05) is 7.11 Å². The van der Waals surface area contributed by atoms with Gasteiger partial charge in [-0.1, -0.05) is 11.6 Å². The van der Waals surface area contributed by atoms with E-state index in [9.17, 15) is 9.59 Å². The molecular weight excluding hydrogens is 408 g/mol. The van der Waals surface area contributed by atoms with Gasteiger partial charge in [0.25, 0.3) is 17.1 Å². The Labute approximate surface area is 183 Å². The summed E-state index contributed by atoms with van der Waals surface area (Å²) < 4.78 is 8.08. The van der Waals surface area contributed by atoms with E-state index < -0.39 is 0 Å². The molecule has 0 aromatic carbocycles. The van der Waals surface area contributed by atoms with Crippen LogP contribution in [0.3, 0.4) is 0 Å². The van der Waals surface area contributed by atoms with Crippen molar-refractivity contribution in [2.24, 2.45) is 0 Å². The van der Waals surface area contributed by atoms with Gasteiger partial charge in [0.2, 0.25) is 0 Å². The number of aryl methyl sites for hydroxylation is 1. The van der Waals surface area contributed by atoms with Crippen LogP contribution in [0.1, 0.15) is 37.9 Å². The molecule has 5 rings (SSSR count). The van der Waals surface area contributed by atoms with Crippen LogP contribution in [0.25, 0.3) is 27.8 Å². The van der Waals surface area contributed by atoms with Gasteiger partial charge in [-0.2, -0.15) is 4.98 Å². The fourth-order valence-corrected chi connectivity index (χ4v) is 4.19. The van der Waals surface area contributed by atoms with Crippen molar-refractivity contribution in [1.82, 2.24) is 29.3 Å². The van der Waals surface area contributed by atoms with Gasteiger partial charge in [0.05, 0.1) is 21.8 Å². The number of ether oxygens (including phenoxy) is 1. The van der Waals surface area contributed by atoms with Crippen LogP contribution in [-0.4, -0.2) is 36.4 Å². The summed E-state index contributed by atoms with van der Waals surface area (Å²) in [6.07, 6.45) is 11.3. The zero-order valence-corrected chi connectivity index (χ0v) is 17.9. The Balaban J connectivity index is 1.54. The zero-order valence-electron chi connectivity index (χ0n) is 17.9. The molecule has 0 atom stereocenters. The maximum atomic E-state index is 13.1. The van der Waals surface area contributed by atoms with Crippen molar-refractivity contribution in [3.05, 3.63) is 68.8 Å². The van der Waals surface area contributed by atoms with Crippen LogP contribution in [0.5, 0.6) is 0 Å². The highest BCUT2D eigenvalue weighted by Crippen LogP contribution is 2.21. The third-order valence-corrected chi connectivity index (χ3v) is 5.89. The van der Waals surface area contributed by atoms with Gasteiger partial charge in [0.15, 0.2) is 5.82 Å². The van der Waals surface area contributed by atoms with E-state index in [1.165, 1.54) is 23.0 Å². The molecule has 0 saturated heterocycles. The van der Waals surface area contributed by atoms with Crippen LogP contribution in [0.2, 0.25) is 0 Å². The van der Waals surface area contributed by atoms with E-state index in [1.807, 2.05) is 6.07 Å². The molecule has 1 aliphatic rings. The van der Waals surface area contributed by atoms with E-state index >= 15 is 0 Å². The van der Waals surface area contributed by atoms with Crippen LogP contribution in [-0.2, 0) is 17.9 Å². The zero-order chi connectivity index (χ0) is 22.1. The molecule has 4 aromatic heterocycles. The minimum atomic E-state index is -0.331. The highest BCUT2D eigenvalue weighted by Gasteiger charge is 2.13. The number of hydrogen-bond acceptors (Lipinski definition) is 6. The largest absolute Gasteiger partial charge is 0.377 e. The average molecular weight is 432 g/mol. The molecule has 0 unspecified atom stereocenters. The Hall–Kier alpha value is -3.59. The topological polar surface area (TPSA) is 108 Å². The second-order valence-corrected chi connectivity index (χ2v) is 8.03. The van der Waals surface area contributed by atoms with Crippen molar-refractivity contribution < 1.29 is 4.74 Å². The van der Waals surface area contributed by atoms with Crippen molar-refractivity contribution in [3.63, 3.8) is 0 Å². The number of aromatic nitrogens is 6. The molecule has 1 aliphatic carbocycles. The molecule has 164 valence electrons. The first-order valence-electron chi connectivity index (χ1n) is 10.8. The predicted octanol–water partition coefficient (Wildman–Crippen LogP) is 2.86. The summed E-state index contributed by atoms with van der Waals surface area (Å²) in [7, 11) is 1.56. The first kappa shape index (κ1) is 20.3. The first-order chi connectivity index (χ1) is 15.6. The molecule has 0 amide bonds. The molecule has 0 radical (unpaired) electrons. The third-order valence-electron chi connectivity index (χ3n) is 5.89. The maximum Gasteiger partial charge on any atom is 0.267 e. The predicted molar refractivity (Wildman–Crippen MR) is 121 cm³/mol. The van der Waals surface area contributed by atoms with Crippen molar-refractivity contribution >= 4 is 21.8 Å². The molecule has 0 aliphatic heterocycles. The summed E-state index contributed by atoms with van der Waals surface area (Å²) in [6.45, 7) is 0.884. The minimum Gasteiger partial charge on any atom is -0.377 e. The summed E-state index contributed by atoms with van der Waals surface area (Å²) in [5, 5.41) is 7.62. The molecule has 4 aromatic rings. The quantitative estimate of drug-likeness (QED) is 0.371. The summed E-state index contributed by atoms with van der Waals surface area (Å²) in [6, 6.07) is 5.20. The average Bonchev–Trinajstić information content (AvgIpc) is 3.27. The molecule has 0 bridgehead atoms. The second-order valence-electron chi connectivity index (χ2n) is 8.03. The van der Waals surface area contributed by atoms with E-state index in [-0.39, 0.29) is 23.7 Å². The van der Waals surface area contributed by atoms with Gasteiger partial charge in [-0.25, -0.2) is 9.55 Å². The summed E-state index contributed by atoms with van der Waals surface area (Å²) in [4.78, 5) is 35.1. The van der Waals surface area contributed by atoms with Crippen LogP contribution >= 0.6 is 0 Å². The normalized spacial score (nSPS) is 14.2. The molecule has 9 heteroatoms. The van der Waals surface area contributed by atoms with Crippen LogP contribution < -0.4 is 11.1 Å². The number of aromatic amines is 1. The monoisotopic (exact) mass is 432 g/mol. The molecule has 32 heavy (non-hydrogen) atoms. The Morgan fingerprint density at radius 2 is 1.88 bits per heavy atom. The highest BCUT2D eigenvalue weighted by molar-refractivity contribution is 5.91. The van der Waals surface area contributed by atoms with Gasteiger partial charge in [0.1, 0.15) is 6.61 Å². The molecule has 4 heterocycles. The molecule has 0 fully saturated rings. The van der Waals surface area contributed by atoms with Crippen molar-refractivity contribution in [3.8, 4) is 5.95 Å². The SMILES string of the molecule is COCc1nc(-n2ccc3nc4ccn(CCC5=CCCCC5)c(=O)c4cc3c2=O)n[nH]1. The number of nitrogens with zero attached hydrogens (tertiary/aromatic N) is 5. The number of allylic oxidation sites excluding steroid dienone is 2.